The average Bonchev–Trinajstić information content (AvgIpc) is 2.88. The quantitative estimate of drug-likeness (QED) is 0.947. The number of rotatable bonds is 3. The van der Waals surface area contributed by atoms with E-state index >= 15 is 0 Å². The minimum atomic E-state index is -0.387. The first kappa shape index (κ1) is 15.2. The summed E-state index contributed by atoms with van der Waals surface area (Å²) in [5, 5.41) is 2.87. The van der Waals surface area contributed by atoms with E-state index in [4.69, 9.17) is 0 Å². The van der Waals surface area contributed by atoms with Crippen LogP contribution in [0.4, 0.5) is 10.1 Å². The van der Waals surface area contributed by atoms with E-state index in [-0.39, 0.29) is 30.1 Å². The number of anilines is 1. The average molecular weight is 312 g/mol. The Hall–Kier alpha value is -2.69. The molecular weight excluding hydrogens is 295 g/mol. The molecule has 0 aromatic heterocycles. The molecule has 2 aromatic rings. The van der Waals surface area contributed by atoms with Crippen molar-refractivity contribution < 1.29 is 14.0 Å². The molecule has 118 valence electrons. The third-order valence-corrected chi connectivity index (χ3v) is 3.86. The van der Waals surface area contributed by atoms with Gasteiger partial charge >= 0.3 is 0 Å². The summed E-state index contributed by atoms with van der Waals surface area (Å²) in [6.07, 6.45) is 0.216. The predicted molar refractivity (Wildman–Crippen MR) is 85.8 cm³/mol. The summed E-state index contributed by atoms with van der Waals surface area (Å²) in [7, 11) is 0. The van der Waals surface area contributed by atoms with Crippen molar-refractivity contribution in [3.05, 3.63) is 65.5 Å². The molecule has 0 aliphatic carbocycles. The fourth-order valence-electron chi connectivity index (χ4n) is 2.75. The minimum Gasteiger partial charge on any atom is -0.347 e. The zero-order chi connectivity index (χ0) is 16.4. The van der Waals surface area contributed by atoms with Gasteiger partial charge in [0.1, 0.15) is 5.82 Å². The van der Waals surface area contributed by atoms with Crippen LogP contribution in [0.5, 0.6) is 0 Å². The van der Waals surface area contributed by atoms with Crippen LogP contribution in [-0.4, -0.2) is 24.4 Å². The molecule has 1 fully saturated rings. The van der Waals surface area contributed by atoms with E-state index in [0.29, 0.717) is 17.8 Å². The van der Waals surface area contributed by atoms with Gasteiger partial charge in [0.05, 0.1) is 6.04 Å². The van der Waals surface area contributed by atoms with Crippen LogP contribution in [0.25, 0.3) is 0 Å². The number of carbonyl (C=O) groups excluding carboxylic acids is 2. The minimum absolute atomic E-state index is 0.120. The summed E-state index contributed by atoms with van der Waals surface area (Å²) in [5.74, 6) is -0.708. The van der Waals surface area contributed by atoms with E-state index in [2.05, 4.69) is 5.32 Å². The van der Waals surface area contributed by atoms with Crippen molar-refractivity contribution in [1.82, 2.24) is 5.32 Å². The van der Waals surface area contributed by atoms with E-state index in [9.17, 15) is 14.0 Å². The van der Waals surface area contributed by atoms with Crippen LogP contribution in [-0.2, 0) is 4.79 Å². The number of hydrogen-bond donors (Lipinski definition) is 1. The summed E-state index contributed by atoms with van der Waals surface area (Å²) in [5.41, 5.74) is 2.09. The van der Waals surface area contributed by atoms with E-state index in [1.54, 1.807) is 24.3 Å². The second-order valence-electron chi connectivity index (χ2n) is 5.73. The molecule has 23 heavy (non-hydrogen) atoms. The van der Waals surface area contributed by atoms with Gasteiger partial charge in [0.15, 0.2) is 0 Å². The molecule has 0 radical (unpaired) electrons. The Labute approximate surface area is 133 Å². The number of nitrogens with zero attached hydrogens (tertiary/aromatic N) is 1. The number of amides is 2. The SMILES string of the molecule is Cc1cccc(C(=O)N[C@H]2CC(=O)N(c3cccc(F)c3)C2)c1. The van der Waals surface area contributed by atoms with Gasteiger partial charge in [-0.1, -0.05) is 23.8 Å². The fourth-order valence-corrected chi connectivity index (χ4v) is 2.75. The Kier molecular flexibility index (Phi) is 4.10. The molecule has 2 aromatic carbocycles. The first-order valence-corrected chi connectivity index (χ1v) is 7.46. The Balaban J connectivity index is 1.69. The van der Waals surface area contributed by atoms with Gasteiger partial charge in [0.25, 0.3) is 5.91 Å². The lowest BCUT2D eigenvalue weighted by molar-refractivity contribution is -0.117. The van der Waals surface area contributed by atoms with E-state index in [1.165, 1.54) is 17.0 Å². The van der Waals surface area contributed by atoms with Gasteiger partial charge in [-0.15, -0.1) is 0 Å². The monoisotopic (exact) mass is 312 g/mol. The van der Waals surface area contributed by atoms with Crippen molar-refractivity contribution >= 4 is 17.5 Å². The van der Waals surface area contributed by atoms with Crippen molar-refractivity contribution in [3.63, 3.8) is 0 Å². The second kappa shape index (κ2) is 6.20. The van der Waals surface area contributed by atoms with Crippen LogP contribution < -0.4 is 10.2 Å². The molecular formula is C18H17FN2O2. The van der Waals surface area contributed by atoms with Gasteiger partial charge in [-0.3, -0.25) is 9.59 Å². The molecule has 1 N–H and O–H groups in total. The fraction of sp³-hybridized carbons (Fsp3) is 0.222. The Morgan fingerprint density at radius 1 is 1.22 bits per heavy atom. The van der Waals surface area contributed by atoms with Crippen molar-refractivity contribution in [2.75, 3.05) is 11.4 Å². The molecule has 4 nitrogen and oxygen atoms in total. The van der Waals surface area contributed by atoms with Crippen LogP contribution >= 0.6 is 0 Å². The smallest absolute Gasteiger partial charge is 0.251 e. The van der Waals surface area contributed by atoms with Gasteiger partial charge in [-0.05, 0) is 37.3 Å². The first-order chi connectivity index (χ1) is 11.0. The Morgan fingerprint density at radius 3 is 2.74 bits per heavy atom. The summed E-state index contributed by atoms with van der Waals surface area (Å²) in [6.45, 7) is 2.27. The number of nitrogens with one attached hydrogen (secondary N) is 1. The van der Waals surface area contributed by atoms with Crippen LogP contribution in [0.15, 0.2) is 48.5 Å². The van der Waals surface area contributed by atoms with Gasteiger partial charge in [-0.2, -0.15) is 0 Å². The number of hydrogen-bond acceptors (Lipinski definition) is 2. The number of aryl methyl sites for hydroxylation is 1. The molecule has 0 bridgehead atoms. The predicted octanol–water partition coefficient (Wildman–Crippen LogP) is 2.67. The molecule has 1 heterocycles. The van der Waals surface area contributed by atoms with Gasteiger partial charge < -0.3 is 10.2 Å². The third-order valence-electron chi connectivity index (χ3n) is 3.86. The maximum Gasteiger partial charge on any atom is 0.251 e. The molecule has 0 spiro atoms. The molecule has 3 rings (SSSR count). The van der Waals surface area contributed by atoms with Crippen LogP contribution in [0.3, 0.4) is 0 Å². The van der Waals surface area contributed by atoms with Crippen LogP contribution in [0.2, 0.25) is 0 Å². The normalized spacial score (nSPS) is 17.4. The molecule has 2 amide bonds. The maximum atomic E-state index is 13.3. The highest BCUT2D eigenvalue weighted by molar-refractivity contribution is 5.99. The zero-order valence-electron chi connectivity index (χ0n) is 12.8. The largest absolute Gasteiger partial charge is 0.347 e. The highest BCUT2D eigenvalue weighted by Gasteiger charge is 2.31. The highest BCUT2D eigenvalue weighted by Crippen LogP contribution is 2.22. The topological polar surface area (TPSA) is 49.4 Å². The number of benzene rings is 2. The molecule has 1 atom stereocenters. The van der Waals surface area contributed by atoms with Crippen LogP contribution in [0.1, 0.15) is 22.3 Å². The summed E-state index contributed by atoms with van der Waals surface area (Å²) >= 11 is 0. The highest BCUT2D eigenvalue weighted by atomic mass is 19.1. The lowest BCUT2D eigenvalue weighted by Crippen LogP contribution is -2.37. The molecule has 1 saturated heterocycles. The standard InChI is InChI=1S/C18H17FN2O2/c1-12-4-2-5-13(8-12)18(23)20-15-10-17(22)21(11-15)16-7-3-6-14(19)9-16/h2-9,15H,10-11H2,1H3,(H,20,23)/t15-/m0/s1. The Bertz CT molecular complexity index is 760. The molecule has 1 aliphatic rings. The zero-order valence-corrected chi connectivity index (χ0v) is 12.8. The molecule has 5 heteroatoms. The van der Waals surface area contributed by atoms with E-state index in [0.717, 1.165) is 5.56 Å². The van der Waals surface area contributed by atoms with Crippen molar-refractivity contribution in [3.8, 4) is 0 Å². The van der Waals surface area contributed by atoms with Gasteiger partial charge in [-0.25, -0.2) is 4.39 Å². The first-order valence-electron chi connectivity index (χ1n) is 7.46. The molecule has 1 aliphatic heterocycles. The summed E-state index contributed by atoms with van der Waals surface area (Å²) in [4.78, 5) is 25.9. The van der Waals surface area contributed by atoms with E-state index < -0.39 is 0 Å². The Morgan fingerprint density at radius 2 is 2.00 bits per heavy atom. The number of halogens is 1. The molecule has 0 saturated carbocycles. The van der Waals surface area contributed by atoms with E-state index in [1.807, 2.05) is 19.1 Å². The lowest BCUT2D eigenvalue weighted by Gasteiger charge is -2.17. The lowest BCUT2D eigenvalue weighted by atomic mass is 10.1. The van der Waals surface area contributed by atoms with Crippen molar-refractivity contribution in [2.24, 2.45) is 0 Å². The van der Waals surface area contributed by atoms with Crippen molar-refractivity contribution in [2.45, 2.75) is 19.4 Å². The van der Waals surface area contributed by atoms with Gasteiger partial charge in [0, 0.05) is 24.2 Å². The summed E-state index contributed by atoms with van der Waals surface area (Å²) < 4.78 is 13.3. The number of carbonyl (C=O) groups is 2. The maximum absolute atomic E-state index is 13.3. The molecule has 0 unspecified atom stereocenters. The van der Waals surface area contributed by atoms with Crippen molar-refractivity contribution in [1.29, 1.82) is 0 Å². The van der Waals surface area contributed by atoms with Gasteiger partial charge in [0.2, 0.25) is 5.91 Å². The summed E-state index contributed by atoms with van der Waals surface area (Å²) in [6, 6.07) is 12.9. The van der Waals surface area contributed by atoms with Crippen LogP contribution in [0, 0.1) is 12.7 Å². The third kappa shape index (κ3) is 3.39. The second-order valence-corrected chi connectivity index (χ2v) is 5.73.